The van der Waals surface area contributed by atoms with Crippen LogP contribution in [0, 0.1) is 0 Å². The summed E-state index contributed by atoms with van der Waals surface area (Å²) in [5.74, 6) is 0.340. The molecule has 0 aromatic heterocycles. The fourth-order valence-corrected chi connectivity index (χ4v) is 1.23. The predicted octanol–water partition coefficient (Wildman–Crippen LogP) is 2.45. The van der Waals surface area contributed by atoms with E-state index in [1.807, 2.05) is 38.2 Å². The molecule has 4 nitrogen and oxygen atoms in total. The van der Waals surface area contributed by atoms with Gasteiger partial charge < -0.3 is 14.8 Å². The van der Waals surface area contributed by atoms with Crippen LogP contribution in [0.25, 0.3) is 0 Å². The van der Waals surface area contributed by atoms with Crippen molar-refractivity contribution in [2.24, 2.45) is 0 Å². The van der Waals surface area contributed by atoms with E-state index in [0.717, 1.165) is 18.5 Å². The molecule has 0 unspecified atom stereocenters. The van der Waals surface area contributed by atoms with E-state index in [9.17, 15) is 4.79 Å². The summed E-state index contributed by atoms with van der Waals surface area (Å²) in [7, 11) is 1.85. The lowest BCUT2D eigenvalue weighted by Crippen LogP contribution is -2.15. The van der Waals surface area contributed by atoms with E-state index in [1.165, 1.54) is 0 Å². The highest BCUT2D eigenvalue weighted by Gasteiger charge is 2.03. The molecule has 94 valence electrons. The molecule has 0 radical (unpaired) electrons. The highest BCUT2D eigenvalue weighted by atomic mass is 16.6. The number of hydrogen-bond donors (Lipinski definition) is 1. The number of esters is 1. The van der Waals surface area contributed by atoms with Crippen molar-refractivity contribution in [3.05, 3.63) is 24.3 Å². The quantitative estimate of drug-likeness (QED) is 0.584. The molecule has 0 saturated carbocycles. The van der Waals surface area contributed by atoms with E-state index >= 15 is 0 Å². The third-order valence-corrected chi connectivity index (χ3v) is 2.26. The van der Waals surface area contributed by atoms with Gasteiger partial charge in [-0.25, -0.2) is 4.79 Å². The van der Waals surface area contributed by atoms with Crippen LogP contribution in [0.1, 0.15) is 19.8 Å². The molecular formula is C13H19NO3. The molecule has 0 aliphatic carbocycles. The molecule has 1 aromatic carbocycles. The Labute approximate surface area is 102 Å². The molecule has 0 heterocycles. The number of ether oxygens (including phenoxy) is 2. The van der Waals surface area contributed by atoms with Gasteiger partial charge in [-0.05, 0) is 30.7 Å². The Bertz CT molecular complexity index is 335. The standard InChI is InChI=1S/C13H19NO3/c1-3-4-9-16-13(15)10-17-12-7-5-11(14-2)6-8-12/h5-8,14H,3-4,9-10H2,1-2H3. The molecule has 0 bridgehead atoms. The molecule has 1 rings (SSSR count). The monoisotopic (exact) mass is 237 g/mol. The SMILES string of the molecule is CCCCOC(=O)COc1ccc(NC)cc1. The maximum atomic E-state index is 11.3. The molecule has 0 aliphatic heterocycles. The summed E-state index contributed by atoms with van der Waals surface area (Å²) in [6, 6.07) is 7.39. The number of carbonyl (C=O) groups excluding carboxylic acids is 1. The van der Waals surface area contributed by atoms with Gasteiger partial charge in [0, 0.05) is 12.7 Å². The Morgan fingerprint density at radius 2 is 2.00 bits per heavy atom. The van der Waals surface area contributed by atoms with Crippen LogP contribution in [0.15, 0.2) is 24.3 Å². The van der Waals surface area contributed by atoms with E-state index in [4.69, 9.17) is 9.47 Å². The summed E-state index contributed by atoms with van der Waals surface area (Å²) in [4.78, 5) is 11.3. The number of carbonyl (C=O) groups is 1. The summed E-state index contributed by atoms with van der Waals surface area (Å²) in [6.07, 6.45) is 1.90. The van der Waals surface area contributed by atoms with Crippen molar-refractivity contribution >= 4 is 11.7 Å². The largest absolute Gasteiger partial charge is 0.482 e. The number of anilines is 1. The first-order valence-corrected chi connectivity index (χ1v) is 5.82. The van der Waals surface area contributed by atoms with Crippen molar-refractivity contribution < 1.29 is 14.3 Å². The molecule has 0 atom stereocenters. The van der Waals surface area contributed by atoms with E-state index in [1.54, 1.807) is 0 Å². The fourth-order valence-electron chi connectivity index (χ4n) is 1.23. The fraction of sp³-hybridized carbons (Fsp3) is 0.462. The Kier molecular flexibility index (Phi) is 5.93. The molecule has 0 aliphatic rings. The minimum atomic E-state index is -0.323. The van der Waals surface area contributed by atoms with Gasteiger partial charge in [0.2, 0.25) is 0 Å². The van der Waals surface area contributed by atoms with Crippen LogP contribution in [-0.4, -0.2) is 26.2 Å². The smallest absolute Gasteiger partial charge is 0.344 e. The molecule has 0 spiro atoms. The highest BCUT2D eigenvalue weighted by Crippen LogP contribution is 2.14. The maximum Gasteiger partial charge on any atom is 0.344 e. The van der Waals surface area contributed by atoms with Crippen LogP contribution >= 0.6 is 0 Å². The minimum absolute atomic E-state index is 0.0391. The van der Waals surface area contributed by atoms with Crippen LogP contribution in [-0.2, 0) is 9.53 Å². The lowest BCUT2D eigenvalue weighted by atomic mass is 10.3. The van der Waals surface area contributed by atoms with Crippen molar-refractivity contribution in [3.8, 4) is 5.75 Å². The lowest BCUT2D eigenvalue weighted by Gasteiger charge is -2.07. The molecule has 0 amide bonds. The van der Waals surface area contributed by atoms with Crippen molar-refractivity contribution in [3.63, 3.8) is 0 Å². The van der Waals surface area contributed by atoms with Crippen molar-refractivity contribution in [2.75, 3.05) is 25.6 Å². The van der Waals surface area contributed by atoms with Crippen molar-refractivity contribution in [1.29, 1.82) is 0 Å². The second-order valence-corrected chi connectivity index (χ2v) is 3.64. The van der Waals surface area contributed by atoms with Gasteiger partial charge in [0.25, 0.3) is 0 Å². The lowest BCUT2D eigenvalue weighted by molar-refractivity contribution is -0.146. The van der Waals surface area contributed by atoms with Gasteiger partial charge in [-0.2, -0.15) is 0 Å². The van der Waals surface area contributed by atoms with Crippen LogP contribution < -0.4 is 10.1 Å². The second-order valence-electron chi connectivity index (χ2n) is 3.64. The van der Waals surface area contributed by atoms with Crippen LogP contribution in [0.2, 0.25) is 0 Å². The Morgan fingerprint density at radius 3 is 2.59 bits per heavy atom. The molecule has 0 saturated heterocycles. The third-order valence-electron chi connectivity index (χ3n) is 2.26. The molecule has 0 fully saturated rings. The maximum absolute atomic E-state index is 11.3. The topological polar surface area (TPSA) is 47.6 Å². The van der Waals surface area contributed by atoms with Crippen molar-refractivity contribution in [1.82, 2.24) is 0 Å². The molecule has 4 heteroatoms. The first kappa shape index (κ1) is 13.4. The summed E-state index contributed by atoms with van der Waals surface area (Å²) >= 11 is 0. The zero-order chi connectivity index (χ0) is 12.5. The zero-order valence-electron chi connectivity index (χ0n) is 10.4. The van der Waals surface area contributed by atoms with Gasteiger partial charge in [0.15, 0.2) is 6.61 Å². The van der Waals surface area contributed by atoms with E-state index in [-0.39, 0.29) is 12.6 Å². The first-order valence-electron chi connectivity index (χ1n) is 5.82. The van der Waals surface area contributed by atoms with Crippen molar-refractivity contribution in [2.45, 2.75) is 19.8 Å². The molecule has 1 aromatic rings. The average molecular weight is 237 g/mol. The Morgan fingerprint density at radius 1 is 1.29 bits per heavy atom. The summed E-state index contributed by atoms with van der Waals surface area (Å²) < 4.78 is 10.3. The van der Waals surface area contributed by atoms with E-state index in [2.05, 4.69) is 5.32 Å². The first-order chi connectivity index (χ1) is 8.26. The number of nitrogens with one attached hydrogen (secondary N) is 1. The van der Waals surface area contributed by atoms with Gasteiger partial charge in [-0.1, -0.05) is 13.3 Å². The molecular weight excluding hydrogens is 218 g/mol. The van der Waals surface area contributed by atoms with Gasteiger partial charge in [0.1, 0.15) is 5.75 Å². The summed E-state index contributed by atoms with van der Waals surface area (Å²) in [5.41, 5.74) is 1.00. The van der Waals surface area contributed by atoms with E-state index < -0.39 is 0 Å². The Hall–Kier alpha value is -1.71. The number of benzene rings is 1. The van der Waals surface area contributed by atoms with Gasteiger partial charge in [-0.3, -0.25) is 0 Å². The molecule has 1 N–H and O–H groups in total. The Balaban J connectivity index is 2.27. The second kappa shape index (κ2) is 7.54. The van der Waals surface area contributed by atoms with Gasteiger partial charge >= 0.3 is 5.97 Å². The number of rotatable bonds is 7. The summed E-state index contributed by atoms with van der Waals surface area (Å²) in [5, 5.41) is 3.01. The van der Waals surface area contributed by atoms with Crippen LogP contribution in [0.4, 0.5) is 5.69 Å². The summed E-state index contributed by atoms with van der Waals surface area (Å²) in [6.45, 7) is 2.48. The van der Waals surface area contributed by atoms with Gasteiger partial charge in [0.05, 0.1) is 6.61 Å². The highest BCUT2D eigenvalue weighted by molar-refractivity contribution is 5.71. The minimum Gasteiger partial charge on any atom is -0.482 e. The third kappa shape index (κ3) is 5.24. The van der Waals surface area contributed by atoms with Gasteiger partial charge in [-0.15, -0.1) is 0 Å². The zero-order valence-corrected chi connectivity index (χ0v) is 10.4. The number of unbranched alkanes of at least 4 members (excludes halogenated alkanes) is 1. The van der Waals surface area contributed by atoms with Crippen LogP contribution in [0.3, 0.4) is 0 Å². The van der Waals surface area contributed by atoms with Crippen LogP contribution in [0.5, 0.6) is 5.75 Å². The average Bonchev–Trinajstić information content (AvgIpc) is 2.37. The predicted molar refractivity (Wildman–Crippen MR) is 67.4 cm³/mol. The van der Waals surface area contributed by atoms with E-state index in [0.29, 0.717) is 12.4 Å². The normalized spacial score (nSPS) is 9.76. The number of hydrogen-bond acceptors (Lipinski definition) is 4. The molecule has 17 heavy (non-hydrogen) atoms.